The quantitative estimate of drug-likeness (QED) is 0.826. The summed E-state index contributed by atoms with van der Waals surface area (Å²) in [7, 11) is 0. The molecule has 1 saturated heterocycles. The number of nitrogens with zero attached hydrogens (tertiary/aromatic N) is 3. The molecular formula is C20H27N3O2. The molecule has 134 valence electrons. The zero-order valence-corrected chi connectivity index (χ0v) is 14.9. The Balaban J connectivity index is 1.21. The fraction of sp³-hybridized carbons (Fsp3) is 0.750. The molecule has 5 fully saturated rings. The third-order valence-corrected chi connectivity index (χ3v) is 7.10. The Morgan fingerprint density at radius 3 is 2.36 bits per heavy atom. The maximum Gasteiger partial charge on any atom is 0.410 e. The lowest BCUT2D eigenvalue weighted by molar-refractivity contribution is -0.101. The van der Waals surface area contributed by atoms with Crippen molar-refractivity contribution in [2.75, 3.05) is 13.1 Å². The molecule has 1 atom stereocenters. The Morgan fingerprint density at radius 2 is 1.72 bits per heavy atom. The van der Waals surface area contributed by atoms with Gasteiger partial charge in [-0.2, -0.15) is 0 Å². The van der Waals surface area contributed by atoms with Gasteiger partial charge >= 0.3 is 6.09 Å². The fourth-order valence-corrected chi connectivity index (χ4v) is 6.07. The molecule has 5 aliphatic rings. The summed E-state index contributed by atoms with van der Waals surface area (Å²) < 4.78 is 6.07. The molecule has 1 unspecified atom stereocenters. The van der Waals surface area contributed by atoms with Crippen LogP contribution in [-0.2, 0) is 4.74 Å². The van der Waals surface area contributed by atoms with Crippen LogP contribution in [0.1, 0.15) is 55.8 Å². The van der Waals surface area contributed by atoms with Gasteiger partial charge in [0.25, 0.3) is 0 Å². The molecule has 4 saturated carbocycles. The minimum Gasteiger partial charge on any atom is -0.446 e. The second-order valence-electron chi connectivity index (χ2n) is 8.77. The molecule has 6 rings (SSSR count). The molecule has 0 aromatic carbocycles. The lowest BCUT2D eigenvalue weighted by atomic mass is 9.55. The maximum absolute atomic E-state index is 12.7. The van der Waals surface area contributed by atoms with Gasteiger partial charge in [0, 0.05) is 31.4 Å². The lowest BCUT2D eigenvalue weighted by Gasteiger charge is -2.53. The van der Waals surface area contributed by atoms with E-state index in [0.717, 1.165) is 42.7 Å². The maximum atomic E-state index is 12.7. The van der Waals surface area contributed by atoms with Crippen molar-refractivity contribution in [2.24, 2.45) is 23.7 Å². The number of carbonyl (C=O) groups is 1. The molecule has 0 radical (unpaired) electrons. The van der Waals surface area contributed by atoms with Crippen molar-refractivity contribution in [3.8, 4) is 0 Å². The van der Waals surface area contributed by atoms with Gasteiger partial charge in [-0.3, -0.25) is 0 Å². The molecule has 4 bridgehead atoms. The first-order valence-corrected chi connectivity index (χ1v) is 9.90. The standard InChI is InChI=1S/C20H27N3O2/c1-12-21-9-18(10-22-12)15-2-3-23(11-15)20(24)25-19-16-5-13-4-14(7-16)8-17(19)6-13/h9-10,13-17,19H,2-8,11H2,1H3. The van der Waals surface area contributed by atoms with Crippen molar-refractivity contribution < 1.29 is 9.53 Å². The number of aromatic nitrogens is 2. The highest BCUT2D eigenvalue weighted by molar-refractivity contribution is 5.68. The first-order chi connectivity index (χ1) is 12.2. The molecule has 1 aliphatic heterocycles. The second kappa shape index (κ2) is 5.96. The SMILES string of the molecule is Cc1ncc(C2CCN(C(=O)OC3C4CC5CC(C4)CC3C5)C2)cn1. The average molecular weight is 341 g/mol. The third kappa shape index (κ3) is 2.81. The topological polar surface area (TPSA) is 55.3 Å². The molecule has 1 aromatic rings. The van der Waals surface area contributed by atoms with Crippen LogP contribution in [0.25, 0.3) is 0 Å². The molecular weight excluding hydrogens is 314 g/mol. The predicted molar refractivity (Wildman–Crippen MR) is 93.0 cm³/mol. The van der Waals surface area contributed by atoms with Gasteiger partial charge in [0.05, 0.1) is 0 Å². The largest absolute Gasteiger partial charge is 0.446 e. The highest BCUT2D eigenvalue weighted by Gasteiger charge is 2.50. The van der Waals surface area contributed by atoms with Crippen molar-refractivity contribution in [1.29, 1.82) is 0 Å². The van der Waals surface area contributed by atoms with Crippen LogP contribution in [0.2, 0.25) is 0 Å². The highest BCUT2D eigenvalue weighted by Crippen LogP contribution is 2.54. The van der Waals surface area contributed by atoms with E-state index in [1.54, 1.807) is 0 Å². The van der Waals surface area contributed by atoms with Gasteiger partial charge < -0.3 is 9.64 Å². The number of amides is 1. The van der Waals surface area contributed by atoms with E-state index in [1.165, 1.54) is 32.1 Å². The van der Waals surface area contributed by atoms with E-state index in [-0.39, 0.29) is 12.2 Å². The summed E-state index contributed by atoms with van der Waals surface area (Å²) in [5, 5.41) is 0. The molecule has 5 nitrogen and oxygen atoms in total. The van der Waals surface area contributed by atoms with Gasteiger partial charge in [-0.25, -0.2) is 14.8 Å². The number of aryl methyl sites for hydroxylation is 1. The van der Waals surface area contributed by atoms with Crippen LogP contribution in [0, 0.1) is 30.6 Å². The second-order valence-corrected chi connectivity index (χ2v) is 8.77. The van der Waals surface area contributed by atoms with Crippen molar-refractivity contribution >= 4 is 6.09 Å². The van der Waals surface area contributed by atoms with E-state index in [4.69, 9.17) is 4.74 Å². The number of ether oxygens (including phenoxy) is 1. The van der Waals surface area contributed by atoms with E-state index < -0.39 is 0 Å². The van der Waals surface area contributed by atoms with Crippen molar-refractivity contribution in [3.05, 3.63) is 23.8 Å². The Labute approximate surface area is 149 Å². The van der Waals surface area contributed by atoms with Crippen LogP contribution in [0.3, 0.4) is 0 Å². The number of likely N-dealkylation sites (tertiary alicyclic amines) is 1. The fourth-order valence-electron chi connectivity index (χ4n) is 6.07. The van der Waals surface area contributed by atoms with Gasteiger partial charge in [-0.15, -0.1) is 0 Å². The molecule has 2 heterocycles. The number of hydrogen-bond donors (Lipinski definition) is 0. The molecule has 25 heavy (non-hydrogen) atoms. The van der Waals surface area contributed by atoms with Gasteiger partial charge in [-0.1, -0.05) is 0 Å². The van der Waals surface area contributed by atoms with Crippen LogP contribution in [-0.4, -0.2) is 40.2 Å². The number of carbonyl (C=O) groups excluding carboxylic acids is 1. The summed E-state index contributed by atoms with van der Waals surface area (Å²) in [6.07, 6.45) is 11.4. The van der Waals surface area contributed by atoms with E-state index in [2.05, 4.69) is 9.97 Å². The zero-order chi connectivity index (χ0) is 17.0. The predicted octanol–water partition coefficient (Wildman–Crippen LogP) is 3.54. The summed E-state index contributed by atoms with van der Waals surface area (Å²) in [4.78, 5) is 23.2. The van der Waals surface area contributed by atoms with Crippen molar-refractivity contribution in [3.63, 3.8) is 0 Å². The number of rotatable bonds is 2. The zero-order valence-electron chi connectivity index (χ0n) is 14.9. The minimum atomic E-state index is -0.0898. The van der Waals surface area contributed by atoms with E-state index in [1.807, 2.05) is 24.2 Å². The normalized spacial score (nSPS) is 39.0. The van der Waals surface area contributed by atoms with Gasteiger partial charge in [0.1, 0.15) is 11.9 Å². The van der Waals surface area contributed by atoms with E-state index >= 15 is 0 Å². The van der Waals surface area contributed by atoms with Crippen LogP contribution >= 0.6 is 0 Å². The highest BCUT2D eigenvalue weighted by atomic mass is 16.6. The van der Waals surface area contributed by atoms with Gasteiger partial charge in [0.2, 0.25) is 0 Å². The van der Waals surface area contributed by atoms with E-state index in [0.29, 0.717) is 17.8 Å². The van der Waals surface area contributed by atoms with Crippen molar-refractivity contribution in [1.82, 2.24) is 14.9 Å². The Hall–Kier alpha value is -1.65. The monoisotopic (exact) mass is 341 g/mol. The van der Waals surface area contributed by atoms with E-state index in [9.17, 15) is 4.79 Å². The lowest BCUT2D eigenvalue weighted by Crippen LogP contribution is -2.51. The van der Waals surface area contributed by atoms with Gasteiger partial charge in [0.15, 0.2) is 0 Å². The Kier molecular flexibility index (Phi) is 3.72. The molecule has 0 N–H and O–H groups in total. The molecule has 1 aromatic heterocycles. The summed E-state index contributed by atoms with van der Waals surface area (Å²) >= 11 is 0. The smallest absolute Gasteiger partial charge is 0.410 e. The molecule has 5 heteroatoms. The van der Waals surface area contributed by atoms with Crippen LogP contribution in [0.15, 0.2) is 12.4 Å². The summed E-state index contributed by atoms with van der Waals surface area (Å²) in [5.41, 5.74) is 1.13. The minimum absolute atomic E-state index is 0.0898. The van der Waals surface area contributed by atoms with Crippen molar-refractivity contribution in [2.45, 2.75) is 57.5 Å². The molecule has 4 aliphatic carbocycles. The number of hydrogen-bond acceptors (Lipinski definition) is 4. The van der Waals surface area contributed by atoms with Crippen LogP contribution in [0.4, 0.5) is 4.79 Å². The van der Waals surface area contributed by atoms with Gasteiger partial charge in [-0.05, 0) is 74.7 Å². The summed E-state index contributed by atoms with van der Waals surface area (Å²) in [6, 6.07) is 0. The molecule has 1 amide bonds. The molecule has 0 spiro atoms. The van der Waals surface area contributed by atoms with Crippen LogP contribution in [0.5, 0.6) is 0 Å². The Bertz CT molecular complexity index is 631. The summed E-state index contributed by atoms with van der Waals surface area (Å²) in [6.45, 7) is 3.41. The Morgan fingerprint density at radius 1 is 1.08 bits per heavy atom. The van der Waals surface area contributed by atoms with Crippen LogP contribution < -0.4 is 0 Å². The summed E-state index contributed by atoms with van der Waals surface area (Å²) in [5.74, 6) is 4.21. The third-order valence-electron chi connectivity index (χ3n) is 7.10. The first kappa shape index (κ1) is 15.6. The first-order valence-electron chi connectivity index (χ1n) is 9.90. The average Bonchev–Trinajstić information content (AvgIpc) is 3.08.